The molecule has 1 amide bonds. The summed E-state index contributed by atoms with van der Waals surface area (Å²) in [5.41, 5.74) is 1.38. The molecule has 152 valence electrons. The van der Waals surface area contributed by atoms with Crippen molar-refractivity contribution >= 4 is 35.0 Å². The highest BCUT2D eigenvalue weighted by atomic mass is 35.5. The summed E-state index contributed by atoms with van der Waals surface area (Å²) in [4.78, 5) is 12.4. The van der Waals surface area contributed by atoms with Gasteiger partial charge in [0.1, 0.15) is 11.5 Å². The highest BCUT2D eigenvalue weighted by Crippen LogP contribution is 2.31. The molecule has 0 unspecified atom stereocenters. The van der Waals surface area contributed by atoms with Crippen LogP contribution >= 0.6 is 23.4 Å². The molecule has 1 aromatic heterocycles. The summed E-state index contributed by atoms with van der Waals surface area (Å²) in [6, 6.07) is 12.7. The Kier molecular flexibility index (Phi) is 7.00. The Morgan fingerprint density at radius 3 is 2.62 bits per heavy atom. The smallest absolute Gasteiger partial charge is 0.234 e. The number of aromatic nitrogens is 3. The number of benzene rings is 2. The van der Waals surface area contributed by atoms with Crippen LogP contribution in [-0.2, 0) is 11.3 Å². The van der Waals surface area contributed by atoms with E-state index in [0.717, 1.165) is 11.3 Å². The van der Waals surface area contributed by atoms with Crippen molar-refractivity contribution in [2.45, 2.75) is 18.6 Å². The van der Waals surface area contributed by atoms with Gasteiger partial charge in [0.05, 0.1) is 31.2 Å². The number of hydrogen-bond donors (Lipinski definition) is 1. The van der Waals surface area contributed by atoms with Gasteiger partial charge in [-0.25, -0.2) is 0 Å². The summed E-state index contributed by atoms with van der Waals surface area (Å²) >= 11 is 7.32. The Hall–Kier alpha value is -2.71. The van der Waals surface area contributed by atoms with Gasteiger partial charge in [0, 0.05) is 11.6 Å². The molecule has 0 aliphatic rings. The van der Waals surface area contributed by atoms with E-state index in [1.165, 1.54) is 18.9 Å². The highest BCUT2D eigenvalue weighted by Gasteiger charge is 2.17. The molecule has 0 bridgehead atoms. The first-order valence-electron chi connectivity index (χ1n) is 8.90. The number of halogens is 1. The zero-order valence-electron chi connectivity index (χ0n) is 16.3. The molecule has 29 heavy (non-hydrogen) atoms. The molecule has 0 aliphatic carbocycles. The van der Waals surface area contributed by atoms with Crippen molar-refractivity contribution in [1.82, 2.24) is 14.8 Å². The van der Waals surface area contributed by atoms with Crippen LogP contribution in [0.3, 0.4) is 0 Å². The van der Waals surface area contributed by atoms with Crippen molar-refractivity contribution in [3.63, 3.8) is 0 Å². The number of nitrogens with zero attached hydrogens (tertiary/aromatic N) is 3. The van der Waals surface area contributed by atoms with E-state index in [2.05, 4.69) is 15.5 Å². The van der Waals surface area contributed by atoms with E-state index in [9.17, 15) is 4.79 Å². The van der Waals surface area contributed by atoms with Gasteiger partial charge in [-0.1, -0.05) is 35.5 Å². The lowest BCUT2D eigenvalue weighted by molar-refractivity contribution is -0.113. The number of methoxy groups -OCH3 is 2. The molecule has 7 nitrogen and oxygen atoms in total. The van der Waals surface area contributed by atoms with E-state index in [-0.39, 0.29) is 11.7 Å². The minimum absolute atomic E-state index is 0.166. The van der Waals surface area contributed by atoms with Crippen molar-refractivity contribution in [2.75, 3.05) is 25.3 Å². The third-order valence-electron chi connectivity index (χ3n) is 4.15. The Bertz CT molecular complexity index is 1010. The molecular weight excluding hydrogens is 412 g/mol. The van der Waals surface area contributed by atoms with Crippen LogP contribution in [0.2, 0.25) is 5.02 Å². The number of thioether (sulfide) groups is 1. The fraction of sp³-hybridized carbons (Fsp3) is 0.250. The van der Waals surface area contributed by atoms with Crippen LogP contribution in [0.5, 0.6) is 11.5 Å². The molecule has 3 aromatic rings. The van der Waals surface area contributed by atoms with Crippen LogP contribution in [0.25, 0.3) is 11.4 Å². The molecule has 2 aromatic carbocycles. The van der Waals surface area contributed by atoms with Gasteiger partial charge >= 0.3 is 0 Å². The number of hydrogen-bond acceptors (Lipinski definition) is 6. The zero-order valence-corrected chi connectivity index (χ0v) is 17.9. The van der Waals surface area contributed by atoms with Gasteiger partial charge in [0.2, 0.25) is 5.91 Å². The number of rotatable bonds is 8. The molecule has 0 atom stereocenters. The maximum atomic E-state index is 12.4. The zero-order chi connectivity index (χ0) is 20.8. The van der Waals surface area contributed by atoms with Crippen LogP contribution in [0.4, 0.5) is 5.69 Å². The molecule has 0 spiro atoms. The van der Waals surface area contributed by atoms with Gasteiger partial charge in [-0.15, -0.1) is 10.2 Å². The van der Waals surface area contributed by atoms with Gasteiger partial charge < -0.3 is 19.4 Å². The first-order chi connectivity index (χ1) is 14.1. The van der Waals surface area contributed by atoms with Crippen LogP contribution in [0.1, 0.15) is 6.92 Å². The molecule has 0 radical (unpaired) electrons. The number of carbonyl (C=O) groups excluding carboxylic acids is 1. The Balaban J connectivity index is 1.74. The molecular formula is C20H21ClN4O3S. The SMILES string of the molecule is CCn1c(SCC(=O)Nc2cc(Cl)ccc2OC)nnc1-c1ccccc1OC. The maximum absolute atomic E-state index is 12.4. The molecule has 0 saturated heterocycles. The van der Waals surface area contributed by atoms with Gasteiger partial charge in [-0.2, -0.15) is 0 Å². The molecule has 9 heteroatoms. The Labute approximate surface area is 178 Å². The minimum atomic E-state index is -0.194. The van der Waals surface area contributed by atoms with E-state index in [4.69, 9.17) is 21.1 Å². The second kappa shape index (κ2) is 9.67. The summed E-state index contributed by atoms with van der Waals surface area (Å²) in [5.74, 6) is 1.93. The first kappa shape index (κ1) is 21.0. The molecule has 0 saturated carbocycles. The largest absolute Gasteiger partial charge is 0.496 e. The van der Waals surface area contributed by atoms with Gasteiger partial charge in [0.15, 0.2) is 11.0 Å². The van der Waals surface area contributed by atoms with E-state index in [1.54, 1.807) is 25.3 Å². The Morgan fingerprint density at radius 2 is 1.90 bits per heavy atom. The quantitative estimate of drug-likeness (QED) is 0.532. The fourth-order valence-corrected chi connectivity index (χ4v) is 3.78. The Morgan fingerprint density at radius 1 is 1.14 bits per heavy atom. The number of carbonyl (C=O) groups is 1. The number of ether oxygens (including phenoxy) is 2. The summed E-state index contributed by atoms with van der Waals surface area (Å²) in [6.45, 7) is 2.66. The van der Waals surface area contributed by atoms with Crippen molar-refractivity contribution in [2.24, 2.45) is 0 Å². The monoisotopic (exact) mass is 432 g/mol. The van der Waals surface area contributed by atoms with E-state index in [0.29, 0.717) is 34.0 Å². The number of amides is 1. The topological polar surface area (TPSA) is 78.3 Å². The average molecular weight is 433 g/mol. The molecule has 0 fully saturated rings. The molecule has 1 N–H and O–H groups in total. The number of anilines is 1. The van der Waals surface area contributed by atoms with Crippen molar-refractivity contribution in [3.8, 4) is 22.9 Å². The lowest BCUT2D eigenvalue weighted by atomic mass is 10.2. The normalized spacial score (nSPS) is 10.6. The summed E-state index contributed by atoms with van der Waals surface area (Å²) < 4.78 is 12.6. The second-order valence-electron chi connectivity index (χ2n) is 5.93. The summed E-state index contributed by atoms with van der Waals surface area (Å²) in [6.07, 6.45) is 0. The van der Waals surface area contributed by atoms with Gasteiger partial charge in [-0.05, 0) is 37.3 Å². The van der Waals surface area contributed by atoms with Crippen molar-refractivity contribution in [3.05, 3.63) is 47.5 Å². The fourth-order valence-electron chi connectivity index (χ4n) is 2.80. The summed E-state index contributed by atoms with van der Waals surface area (Å²) in [7, 11) is 3.16. The van der Waals surface area contributed by atoms with Crippen molar-refractivity contribution in [1.29, 1.82) is 0 Å². The predicted molar refractivity (Wildman–Crippen MR) is 115 cm³/mol. The molecule has 0 aliphatic heterocycles. The van der Waals surface area contributed by atoms with E-state index < -0.39 is 0 Å². The lowest BCUT2D eigenvalue weighted by Gasteiger charge is -2.11. The van der Waals surface area contributed by atoms with Crippen LogP contribution < -0.4 is 14.8 Å². The third-order valence-corrected chi connectivity index (χ3v) is 5.35. The van der Waals surface area contributed by atoms with Crippen molar-refractivity contribution < 1.29 is 14.3 Å². The minimum Gasteiger partial charge on any atom is -0.496 e. The van der Waals surface area contributed by atoms with Gasteiger partial charge in [0.25, 0.3) is 0 Å². The second-order valence-corrected chi connectivity index (χ2v) is 7.31. The lowest BCUT2D eigenvalue weighted by Crippen LogP contribution is -2.15. The first-order valence-corrected chi connectivity index (χ1v) is 10.3. The van der Waals surface area contributed by atoms with E-state index >= 15 is 0 Å². The van der Waals surface area contributed by atoms with Crippen LogP contribution in [0, 0.1) is 0 Å². The molecule has 3 rings (SSSR count). The maximum Gasteiger partial charge on any atom is 0.234 e. The number of nitrogens with one attached hydrogen (secondary N) is 1. The van der Waals surface area contributed by atoms with Crippen LogP contribution in [0.15, 0.2) is 47.6 Å². The van der Waals surface area contributed by atoms with E-state index in [1.807, 2.05) is 35.8 Å². The average Bonchev–Trinajstić information content (AvgIpc) is 3.15. The molecule has 1 heterocycles. The predicted octanol–water partition coefficient (Wildman–Crippen LogP) is 4.37. The highest BCUT2D eigenvalue weighted by molar-refractivity contribution is 7.99. The third kappa shape index (κ3) is 4.83. The summed E-state index contributed by atoms with van der Waals surface area (Å²) in [5, 5.41) is 12.6. The standard InChI is InChI=1S/C20H21ClN4O3S/c1-4-25-19(14-7-5-6-8-16(14)27-2)23-24-20(25)29-12-18(26)22-15-11-13(21)9-10-17(15)28-3/h5-11H,4,12H2,1-3H3,(H,22,26). The number of para-hydroxylation sites is 1. The van der Waals surface area contributed by atoms with Gasteiger partial charge in [-0.3, -0.25) is 4.79 Å². The van der Waals surface area contributed by atoms with Crippen LogP contribution in [-0.4, -0.2) is 40.6 Å².